The van der Waals surface area contributed by atoms with Crippen LogP contribution in [-0.4, -0.2) is 26.7 Å². The van der Waals surface area contributed by atoms with E-state index in [0.29, 0.717) is 5.75 Å². The van der Waals surface area contributed by atoms with Gasteiger partial charge in [0.05, 0.1) is 30.7 Å². The summed E-state index contributed by atoms with van der Waals surface area (Å²) in [7, 11) is 3.54. The highest BCUT2D eigenvalue weighted by atomic mass is 16.5. The molecule has 1 unspecified atom stereocenters. The molecule has 0 fully saturated rings. The Hall–Kier alpha value is -1.82. The molecule has 0 aliphatic heterocycles. The number of aromatic nitrogens is 4. The van der Waals surface area contributed by atoms with Crippen LogP contribution in [0.15, 0.2) is 12.3 Å². The summed E-state index contributed by atoms with van der Waals surface area (Å²) < 4.78 is 9.04. The van der Waals surface area contributed by atoms with Crippen molar-refractivity contribution in [2.75, 3.05) is 7.11 Å². The second-order valence-corrected chi connectivity index (χ2v) is 4.43. The van der Waals surface area contributed by atoms with E-state index in [-0.39, 0.29) is 6.04 Å². The normalized spacial score (nSPS) is 12.7. The zero-order chi connectivity index (χ0) is 14.0. The lowest BCUT2D eigenvalue weighted by molar-refractivity contribution is 0.403. The fraction of sp³-hybridized carbons (Fsp3) is 0.538. The summed E-state index contributed by atoms with van der Waals surface area (Å²) in [5.74, 6) is 0.716. The van der Waals surface area contributed by atoms with Crippen LogP contribution >= 0.6 is 0 Å². The first-order chi connectivity index (χ1) is 9.12. The largest absolute Gasteiger partial charge is 0.493 e. The van der Waals surface area contributed by atoms with Crippen molar-refractivity contribution in [3.05, 3.63) is 29.3 Å². The average molecular weight is 263 g/mol. The number of hydrogen-bond donors (Lipinski definition) is 1. The lowest BCUT2D eigenvalue weighted by atomic mass is 10.1. The van der Waals surface area contributed by atoms with Crippen molar-refractivity contribution in [2.24, 2.45) is 12.8 Å². The summed E-state index contributed by atoms with van der Waals surface area (Å²) >= 11 is 0. The predicted octanol–water partition coefficient (Wildman–Crippen LogP) is 1.26. The predicted molar refractivity (Wildman–Crippen MR) is 73.1 cm³/mol. The molecule has 0 saturated heterocycles. The first kappa shape index (κ1) is 13.6. The van der Waals surface area contributed by atoms with Crippen LogP contribution in [0, 0.1) is 0 Å². The molecule has 0 radical (unpaired) electrons. The van der Waals surface area contributed by atoms with Gasteiger partial charge in [-0.1, -0.05) is 6.92 Å². The quantitative estimate of drug-likeness (QED) is 0.881. The van der Waals surface area contributed by atoms with Crippen LogP contribution in [0.1, 0.15) is 37.0 Å². The molecular weight excluding hydrogens is 242 g/mol. The molecule has 6 heteroatoms. The Bertz CT molecular complexity index is 536. The summed E-state index contributed by atoms with van der Waals surface area (Å²) in [6, 6.07) is 1.74. The van der Waals surface area contributed by atoms with E-state index in [1.54, 1.807) is 13.3 Å². The summed E-state index contributed by atoms with van der Waals surface area (Å²) in [5.41, 5.74) is 9.27. The van der Waals surface area contributed by atoms with E-state index in [4.69, 9.17) is 10.5 Å². The Morgan fingerprint density at radius 1 is 1.42 bits per heavy atom. The zero-order valence-electron chi connectivity index (χ0n) is 11.9. The van der Waals surface area contributed by atoms with Gasteiger partial charge in [-0.3, -0.25) is 9.36 Å². The van der Waals surface area contributed by atoms with E-state index >= 15 is 0 Å². The number of ether oxygens (including phenoxy) is 1. The van der Waals surface area contributed by atoms with Crippen LogP contribution in [-0.2, 0) is 20.0 Å². The maximum atomic E-state index is 6.38. The van der Waals surface area contributed by atoms with Gasteiger partial charge in [0.1, 0.15) is 5.69 Å². The van der Waals surface area contributed by atoms with Gasteiger partial charge in [-0.05, 0) is 19.4 Å². The monoisotopic (exact) mass is 263 g/mol. The fourth-order valence-corrected chi connectivity index (χ4v) is 2.25. The molecule has 0 aliphatic rings. The van der Waals surface area contributed by atoms with Gasteiger partial charge in [0, 0.05) is 13.6 Å². The molecule has 2 heterocycles. The van der Waals surface area contributed by atoms with Crippen LogP contribution in [0.25, 0.3) is 0 Å². The van der Waals surface area contributed by atoms with E-state index in [1.165, 1.54) is 0 Å². The molecule has 0 bridgehead atoms. The van der Waals surface area contributed by atoms with Crippen LogP contribution in [0.3, 0.4) is 0 Å². The summed E-state index contributed by atoms with van der Waals surface area (Å²) in [6.07, 6.45) is 2.60. The van der Waals surface area contributed by atoms with Gasteiger partial charge < -0.3 is 10.5 Å². The number of aryl methyl sites for hydroxylation is 3. The van der Waals surface area contributed by atoms with Crippen LogP contribution in [0.5, 0.6) is 5.75 Å². The Kier molecular flexibility index (Phi) is 3.90. The van der Waals surface area contributed by atoms with Gasteiger partial charge in [-0.25, -0.2) is 0 Å². The molecule has 2 aromatic heterocycles. The number of methoxy groups -OCH3 is 1. The first-order valence-corrected chi connectivity index (χ1v) is 6.50. The molecular formula is C13H21N5O. The minimum Gasteiger partial charge on any atom is -0.493 e. The number of rotatable bonds is 5. The van der Waals surface area contributed by atoms with Crippen molar-refractivity contribution < 1.29 is 4.74 Å². The van der Waals surface area contributed by atoms with Crippen LogP contribution in [0.2, 0.25) is 0 Å². The SMILES string of the molecule is CCc1cc(C(N)c2c(OC)cnn2CC)n(C)n1. The summed E-state index contributed by atoms with van der Waals surface area (Å²) in [5, 5.41) is 8.73. The molecule has 2 aromatic rings. The Morgan fingerprint density at radius 2 is 2.16 bits per heavy atom. The number of hydrogen-bond acceptors (Lipinski definition) is 4. The molecule has 1 atom stereocenters. The van der Waals surface area contributed by atoms with Crippen molar-refractivity contribution in [3.8, 4) is 5.75 Å². The van der Waals surface area contributed by atoms with E-state index in [9.17, 15) is 0 Å². The third kappa shape index (κ3) is 2.35. The minimum atomic E-state index is -0.296. The lowest BCUT2D eigenvalue weighted by Crippen LogP contribution is -2.20. The second kappa shape index (κ2) is 5.44. The van der Waals surface area contributed by atoms with E-state index in [1.807, 2.05) is 29.4 Å². The summed E-state index contributed by atoms with van der Waals surface area (Å²) in [4.78, 5) is 0. The van der Waals surface area contributed by atoms with Gasteiger partial charge >= 0.3 is 0 Å². The highest BCUT2D eigenvalue weighted by Crippen LogP contribution is 2.28. The third-order valence-electron chi connectivity index (χ3n) is 3.31. The molecule has 0 spiro atoms. The Morgan fingerprint density at radius 3 is 2.68 bits per heavy atom. The van der Waals surface area contributed by atoms with E-state index in [2.05, 4.69) is 17.1 Å². The van der Waals surface area contributed by atoms with Gasteiger partial charge in [0.15, 0.2) is 5.75 Å². The molecule has 2 N–H and O–H groups in total. The molecule has 0 aliphatic carbocycles. The maximum absolute atomic E-state index is 6.38. The fourth-order valence-electron chi connectivity index (χ4n) is 2.25. The molecule has 0 aromatic carbocycles. The van der Waals surface area contributed by atoms with E-state index < -0.39 is 0 Å². The molecule has 0 saturated carbocycles. The van der Waals surface area contributed by atoms with Crippen LogP contribution in [0.4, 0.5) is 0 Å². The molecule has 19 heavy (non-hydrogen) atoms. The summed E-state index contributed by atoms with van der Waals surface area (Å²) in [6.45, 7) is 4.86. The number of nitrogens with zero attached hydrogens (tertiary/aromatic N) is 4. The Balaban J connectivity index is 2.45. The van der Waals surface area contributed by atoms with Crippen molar-refractivity contribution >= 4 is 0 Å². The highest BCUT2D eigenvalue weighted by molar-refractivity contribution is 5.34. The van der Waals surface area contributed by atoms with Crippen molar-refractivity contribution in [2.45, 2.75) is 32.9 Å². The second-order valence-electron chi connectivity index (χ2n) is 4.43. The molecule has 6 nitrogen and oxygen atoms in total. The van der Waals surface area contributed by atoms with Crippen molar-refractivity contribution in [3.63, 3.8) is 0 Å². The Labute approximate surface area is 113 Å². The van der Waals surface area contributed by atoms with E-state index in [0.717, 1.165) is 30.0 Å². The van der Waals surface area contributed by atoms with Crippen molar-refractivity contribution in [1.29, 1.82) is 0 Å². The van der Waals surface area contributed by atoms with Crippen LogP contribution < -0.4 is 10.5 Å². The average Bonchev–Trinajstić information content (AvgIpc) is 3.00. The third-order valence-corrected chi connectivity index (χ3v) is 3.31. The van der Waals surface area contributed by atoms with Gasteiger partial charge in [-0.15, -0.1) is 0 Å². The molecule has 0 amide bonds. The topological polar surface area (TPSA) is 70.9 Å². The van der Waals surface area contributed by atoms with Gasteiger partial charge in [0.25, 0.3) is 0 Å². The molecule has 104 valence electrons. The van der Waals surface area contributed by atoms with Gasteiger partial charge in [0.2, 0.25) is 0 Å². The zero-order valence-corrected chi connectivity index (χ0v) is 11.9. The smallest absolute Gasteiger partial charge is 0.161 e. The highest BCUT2D eigenvalue weighted by Gasteiger charge is 2.22. The lowest BCUT2D eigenvalue weighted by Gasteiger charge is -2.15. The van der Waals surface area contributed by atoms with Gasteiger partial charge in [-0.2, -0.15) is 10.2 Å². The first-order valence-electron chi connectivity index (χ1n) is 6.50. The molecule has 2 rings (SSSR count). The standard InChI is InChI=1S/C13H21N5O/c1-5-9-7-10(17(3)16-9)12(14)13-11(19-4)8-15-18(13)6-2/h7-8,12H,5-6,14H2,1-4H3. The maximum Gasteiger partial charge on any atom is 0.161 e. The van der Waals surface area contributed by atoms with Crippen molar-refractivity contribution in [1.82, 2.24) is 19.6 Å². The minimum absolute atomic E-state index is 0.296. The number of nitrogens with two attached hydrogens (primary N) is 1.